The second-order valence-electron chi connectivity index (χ2n) is 4.08. The molecule has 0 aromatic rings. The average molecular weight is 184 g/mol. The molecule has 0 N–H and O–H groups in total. The van der Waals surface area contributed by atoms with Gasteiger partial charge in [-0.1, -0.05) is 0 Å². The number of likely N-dealkylation sites (N-methyl/N-ethyl adjacent to an activating group) is 1. The first kappa shape index (κ1) is 10.7. The molecule has 1 atom stereocenters. The lowest BCUT2D eigenvalue weighted by atomic mass is 10.2. The molecule has 13 heavy (non-hydrogen) atoms. The number of Topliss-reactive ketones (excluding diaryl/α,β-unsaturated/α-hetero) is 1. The summed E-state index contributed by atoms with van der Waals surface area (Å²) >= 11 is 0. The molecule has 1 unspecified atom stereocenters. The Kier molecular flexibility index (Phi) is 3.88. The summed E-state index contributed by atoms with van der Waals surface area (Å²) < 4.78 is 0. The minimum atomic E-state index is 0.298. The van der Waals surface area contributed by atoms with Crippen molar-refractivity contribution in [3.63, 3.8) is 0 Å². The largest absolute Gasteiger partial charge is 0.301 e. The molecular formula is C10H20N2O. The summed E-state index contributed by atoms with van der Waals surface area (Å²) in [5.41, 5.74) is 0. The van der Waals surface area contributed by atoms with Gasteiger partial charge < -0.3 is 9.80 Å². The molecule has 0 aromatic heterocycles. The lowest BCUT2D eigenvalue weighted by Gasteiger charge is -2.37. The second kappa shape index (κ2) is 4.72. The average Bonchev–Trinajstić information content (AvgIpc) is 2.07. The van der Waals surface area contributed by atoms with E-state index in [1.807, 2.05) is 0 Å². The van der Waals surface area contributed by atoms with Crippen LogP contribution in [0.25, 0.3) is 0 Å². The van der Waals surface area contributed by atoms with Gasteiger partial charge in [-0.15, -0.1) is 0 Å². The van der Waals surface area contributed by atoms with Gasteiger partial charge in [0.1, 0.15) is 5.78 Å². The van der Waals surface area contributed by atoms with E-state index in [2.05, 4.69) is 23.8 Å². The molecule has 1 heterocycles. The Morgan fingerprint density at radius 3 is 2.69 bits per heavy atom. The third-order valence-corrected chi connectivity index (χ3v) is 2.82. The quantitative estimate of drug-likeness (QED) is 0.642. The SMILES string of the molecule is CC(=O)CCN1CCN(C)C(C)C1. The van der Waals surface area contributed by atoms with Crippen molar-refractivity contribution in [2.45, 2.75) is 26.3 Å². The maximum atomic E-state index is 10.8. The highest BCUT2D eigenvalue weighted by atomic mass is 16.1. The topological polar surface area (TPSA) is 23.6 Å². The fourth-order valence-electron chi connectivity index (χ4n) is 1.64. The first-order valence-corrected chi connectivity index (χ1v) is 5.01. The van der Waals surface area contributed by atoms with Crippen LogP contribution in [-0.4, -0.2) is 54.9 Å². The van der Waals surface area contributed by atoms with E-state index in [-0.39, 0.29) is 0 Å². The number of rotatable bonds is 3. The van der Waals surface area contributed by atoms with E-state index in [0.717, 1.165) is 26.2 Å². The number of hydrogen-bond donors (Lipinski definition) is 0. The molecule has 0 aromatic carbocycles. The van der Waals surface area contributed by atoms with Gasteiger partial charge in [-0.05, 0) is 20.9 Å². The van der Waals surface area contributed by atoms with Crippen molar-refractivity contribution in [1.82, 2.24) is 9.80 Å². The summed E-state index contributed by atoms with van der Waals surface area (Å²) in [5.74, 6) is 0.298. The molecule has 0 radical (unpaired) electrons. The summed E-state index contributed by atoms with van der Waals surface area (Å²) in [7, 11) is 2.16. The van der Waals surface area contributed by atoms with Gasteiger partial charge in [0.05, 0.1) is 0 Å². The number of carbonyl (C=O) groups excluding carboxylic acids is 1. The van der Waals surface area contributed by atoms with Crippen LogP contribution in [0.5, 0.6) is 0 Å². The van der Waals surface area contributed by atoms with Gasteiger partial charge in [-0.3, -0.25) is 4.79 Å². The normalized spacial score (nSPS) is 26.2. The summed E-state index contributed by atoms with van der Waals surface area (Å²) in [6, 6.07) is 0.626. The van der Waals surface area contributed by atoms with Crippen molar-refractivity contribution in [1.29, 1.82) is 0 Å². The summed E-state index contributed by atoms with van der Waals surface area (Å²) in [4.78, 5) is 15.5. The molecule has 1 saturated heterocycles. The van der Waals surface area contributed by atoms with Gasteiger partial charge in [0.2, 0.25) is 0 Å². The lowest BCUT2D eigenvalue weighted by molar-refractivity contribution is -0.117. The first-order chi connectivity index (χ1) is 6.09. The van der Waals surface area contributed by atoms with Gasteiger partial charge in [-0.2, -0.15) is 0 Å². The zero-order valence-corrected chi connectivity index (χ0v) is 8.92. The highest BCUT2D eigenvalue weighted by molar-refractivity contribution is 5.75. The molecule has 0 spiro atoms. The van der Waals surface area contributed by atoms with Gasteiger partial charge in [0.15, 0.2) is 0 Å². The Morgan fingerprint density at radius 1 is 1.46 bits per heavy atom. The highest BCUT2D eigenvalue weighted by Gasteiger charge is 2.19. The van der Waals surface area contributed by atoms with E-state index in [9.17, 15) is 4.79 Å². The van der Waals surface area contributed by atoms with Crippen LogP contribution in [0.1, 0.15) is 20.3 Å². The monoisotopic (exact) mass is 184 g/mol. The number of hydrogen-bond acceptors (Lipinski definition) is 3. The fraction of sp³-hybridized carbons (Fsp3) is 0.900. The van der Waals surface area contributed by atoms with Crippen LogP contribution >= 0.6 is 0 Å². The van der Waals surface area contributed by atoms with Crippen LogP contribution in [0.15, 0.2) is 0 Å². The van der Waals surface area contributed by atoms with Crippen molar-refractivity contribution in [2.24, 2.45) is 0 Å². The molecule has 0 bridgehead atoms. The smallest absolute Gasteiger partial charge is 0.131 e. The summed E-state index contributed by atoms with van der Waals surface area (Å²) in [5, 5.41) is 0. The Labute approximate surface area is 80.7 Å². The molecule has 0 saturated carbocycles. The fourth-order valence-corrected chi connectivity index (χ4v) is 1.64. The van der Waals surface area contributed by atoms with Crippen LogP contribution in [0, 0.1) is 0 Å². The van der Waals surface area contributed by atoms with Gasteiger partial charge >= 0.3 is 0 Å². The maximum absolute atomic E-state index is 10.8. The Balaban J connectivity index is 2.25. The lowest BCUT2D eigenvalue weighted by Crippen LogP contribution is -2.50. The van der Waals surface area contributed by atoms with Crippen molar-refractivity contribution >= 4 is 5.78 Å². The predicted molar refractivity (Wildman–Crippen MR) is 53.8 cm³/mol. The summed E-state index contributed by atoms with van der Waals surface area (Å²) in [6.45, 7) is 8.17. The van der Waals surface area contributed by atoms with Crippen molar-refractivity contribution < 1.29 is 4.79 Å². The van der Waals surface area contributed by atoms with Crippen LogP contribution in [0.2, 0.25) is 0 Å². The molecular weight excluding hydrogens is 164 g/mol. The van der Waals surface area contributed by atoms with Crippen molar-refractivity contribution in [2.75, 3.05) is 33.2 Å². The van der Waals surface area contributed by atoms with E-state index < -0.39 is 0 Å². The molecule has 1 aliphatic rings. The molecule has 76 valence electrons. The molecule has 3 nitrogen and oxygen atoms in total. The van der Waals surface area contributed by atoms with Gasteiger partial charge in [0.25, 0.3) is 0 Å². The van der Waals surface area contributed by atoms with E-state index in [0.29, 0.717) is 18.2 Å². The van der Waals surface area contributed by atoms with E-state index in [4.69, 9.17) is 0 Å². The molecule has 0 aliphatic carbocycles. The van der Waals surface area contributed by atoms with E-state index >= 15 is 0 Å². The predicted octanol–water partition coefficient (Wildman–Crippen LogP) is 0.601. The maximum Gasteiger partial charge on any atom is 0.131 e. The van der Waals surface area contributed by atoms with Crippen molar-refractivity contribution in [3.05, 3.63) is 0 Å². The van der Waals surface area contributed by atoms with Gasteiger partial charge in [-0.25, -0.2) is 0 Å². The van der Waals surface area contributed by atoms with E-state index in [1.54, 1.807) is 6.92 Å². The van der Waals surface area contributed by atoms with Crippen LogP contribution in [0.3, 0.4) is 0 Å². The second-order valence-corrected chi connectivity index (χ2v) is 4.08. The number of ketones is 1. The minimum Gasteiger partial charge on any atom is -0.301 e. The third kappa shape index (κ3) is 3.44. The first-order valence-electron chi connectivity index (χ1n) is 5.01. The van der Waals surface area contributed by atoms with Crippen LogP contribution in [0.4, 0.5) is 0 Å². The van der Waals surface area contributed by atoms with Gasteiger partial charge in [0, 0.05) is 38.6 Å². The Morgan fingerprint density at radius 2 is 2.15 bits per heavy atom. The Hall–Kier alpha value is -0.410. The molecule has 1 rings (SSSR count). The number of carbonyl (C=O) groups is 1. The summed E-state index contributed by atoms with van der Waals surface area (Å²) in [6.07, 6.45) is 0.705. The molecule has 1 fully saturated rings. The third-order valence-electron chi connectivity index (χ3n) is 2.82. The highest BCUT2D eigenvalue weighted by Crippen LogP contribution is 2.06. The van der Waals surface area contributed by atoms with Crippen LogP contribution in [-0.2, 0) is 4.79 Å². The Bertz CT molecular complexity index is 182. The van der Waals surface area contributed by atoms with Crippen LogP contribution < -0.4 is 0 Å². The molecule has 1 aliphatic heterocycles. The van der Waals surface area contributed by atoms with E-state index in [1.165, 1.54) is 0 Å². The molecule has 0 amide bonds. The van der Waals surface area contributed by atoms with Crippen molar-refractivity contribution in [3.8, 4) is 0 Å². The number of nitrogens with zero attached hydrogens (tertiary/aromatic N) is 2. The number of piperazine rings is 1. The molecule has 3 heteroatoms. The zero-order chi connectivity index (χ0) is 9.84. The standard InChI is InChI=1S/C10H20N2O/c1-9-8-12(5-4-10(2)13)7-6-11(9)3/h9H,4-8H2,1-3H3. The zero-order valence-electron chi connectivity index (χ0n) is 8.92. The minimum absolute atomic E-state index is 0.298.